The Kier molecular flexibility index (Phi) is 5.41. The van der Waals surface area contributed by atoms with Crippen LogP contribution in [0.15, 0.2) is 30.3 Å². The smallest absolute Gasteiger partial charge is 0.272 e. The summed E-state index contributed by atoms with van der Waals surface area (Å²) in [5.74, 6) is 0.402. The Hall–Kier alpha value is -2.30. The Morgan fingerprint density at radius 1 is 1.28 bits per heavy atom. The van der Waals surface area contributed by atoms with E-state index in [0.29, 0.717) is 18.0 Å². The van der Waals surface area contributed by atoms with Crippen molar-refractivity contribution in [2.45, 2.75) is 58.5 Å². The van der Waals surface area contributed by atoms with Gasteiger partial charge in [0.25, 0.3) is 5.91 Å². The van der Waals surface area contributed by atoms with E-state index < -0.39 is 0 Å². The highest BCUT2D eigenvalue weighted by Gasteiger charge is 2.29. The summed E-state index contributed by atoms with van der Waals surface area (Å²) in [6, 6.07) is 9.54. The quantitative estimate of drug-likeness (QED) is 0.905. The number of benzene rings is 1. The lowest BCUT2D eigenvalue weighted by Gasteiger charge is -2.36. The van der Waals surface area contributed by atoms with E-state index in [1.54, 1.807) is 12.1 Å². The number of amides is 1. The van der Waals surface area contributed by atoms with Crippen LogP contribution in [0.4, 0.5) is 0 Å². The predicted molar refractivity (Wildman–Crippen MR) is 97.7 cm³/mol. The highest BCUT2D eigenvalue weighted by atomic mass is 16.3. The second-order valence-electron chi connectivity index (χ2n) is 6.84. The summed E-state index contributed by atoms with van der Waals surface area (Å²) in [7, 11) is 0. The minimum atomic E-state index is 0.109. The third kappa shape index (κ3) is 4.03. The lowest BCUT2D eigenvalue weighted by Crippen LogP contribution is -2.44. The summed E-state index contributed by atoms with van der Waals surface area (Å²) in [6.07, 6.45) is 5.18. The molecule has 134 valence electrons. The number of nitrogens with zero attached hydrogens (tertiary/aromatic N) is 3. The third-order valence-electron chi connectivity index (χ3n) is 5.01. The van der Waals surface area contributed by atoms with Crippen LogP contribution in [0.1, 0.15) is 54.4 Å². The summed E-state index contributed by atoms with van der Waals surface area (Å²) in [5.41, 5.74) is 2.80. The fraction of sp³-hybridized carbons (Fsp3) is 0.500. The van der Waals surface area contributed by atoms with Crippen LogP contribution in [0.2, 0.25) is 0 Å². The van der Waals surface area contributed by atoms with Gasteiger partial charge in [0, 0.05) is 19.1 Å². The van der Waals surface area contributed by atoms with Gasteiger partial charge in [0.2, 0.25) is 0 Å². The molecule has 5 nitrogen and oxygen atoms in total. The van der Waals surface area contributed by atoms with Crippen molar-refractivity contribution >= 4 is 5.91 Å². The number of aromatic hydroxyl groups is 1. The second-order valence-corrected chi connectivity index (χ2v) is 6.84. The van der Waals surface area contributed by atoms with Crippen LogP contribution >= 0.6 is 0 Å². The van der Waals surface area contributed by atoms with Crippen molar-refractivity contribution in [1.82, 2.24) is 14.7 Å². The van der Waals surface area contributed by atoms with Crippen LogP contribution in [0.25, 0.3) is 0 Å². The minimum Gasteiger partial charge on any atom is -0.508 e. The Bertz CT molecular complexity index is 721. The van der Waals surface area contributed by atoms with Crippen molar-refractivity contribution < 1.29 is 9.90 Å². The van der Waals surface area contributed by atoms with Gasteiger partial charge in [-0.15, -0.1) is 0 Å². The van der Waals surface area contributed by atoms with Gasteiger partial charge in [-0.3, -0.25) is 9.48 Å². The first-order chi connectivity index (χ1) is 12.1. The monoisotopic (exact) mass is 341 g/mol. The number of phenolic OH excluding ortho intramolecular Hbond substituents is 1. The standard InChI is InChI=1S/C20H27N3O2/c1-3-23-19(14-15(2)21-23)20(25)22-13-5-4-6-17(22)10-7-16-8-11-18(24)12-9-16/h8-9,11-12,14,17,24H,3-7,10,13H2,1-2H3/t17-/m0/s1. The number of phenols is 1. The van der Waals surface area contributed by atoms with E-state index in [1.807, 2.05) is 41.6 Å². The van der Waals surface area contributed by atoms with Crippen LogP contribution in [0, 0.1) is 6.92 Å². The predicted octanol–water partition coefficient (Wildman–Crippen LogP) is 3.54. The van der Waals surface area contributed by atoms with E-state index >= 15 is 0 Å². The topological polar surface area (TPSA) is 58.4 Å². The van der Waals surface area contributed by atoms with E-state index in [1.165, 1.54) is 12.0 Å². The highest BCUT2D eigenvalue weighted by molar-refractivity contribution is 5.93. The molecular formula is C20H27N3O2. The van der Waals surface area contributed by atoms with Crippen LogP contribution in [0.3, 0.4) is 0 Å². The first kappa shape index (κ1) is 17.5. The minimum absolute atomic E-state index is 0.109. The van der Waals surface area contributed by atoms with Crippen molar-refractivity contribution in [3.63, 3.8) is 0 Å². The lowest BCUT2D eigenvalue weighted by atomic mass is 9.95. The lowest BCUT2D eigenvalue weighted by molar-refractivity contribution is 0.0589. The van der Waals surface area contributed by atoms with E-state index in [4.69, 9.17) is 0 Å². The molecule has 1 aliphatic heterocycles. The van der Waals surface area contributed by atoms with Crippen molar-refractivity contribution in [3.8, 4) is 5.75 Å². The molecule has 1 aliphatic rings. The maximum absolute atomic E-state index is 13.1. The number of piperidine rings is 1. The molecule has 2 heterocycles. The third-order valence-corrected chi connectivity index (χ3v) is 5.01. The van der Waals surface area contributed by atoms with Crippen LogP contribution in [0.5, 0.6) is 5.75 Å². The maximum atomic E-state index is 13.1. The molecule has 1 atom stereocenters. The number of carbonyl (C=O) groups excluding carboxylic acids is 1. The number of aryl methyl sites for hydroxylation is 3. The molecule has 0 unspecified atom stereocenters. The van der Waals surface area contributed by atoms with Crippen LogP contribution in [-0.2, 0) is 13.0 Å². The Morgan fingerprint density at radius 2 is 2.04 bits per heavy atom. The van der Waals surface area contributed by atoms with Crippen molar-refractivity contribution in [2.75, 3.05) is 6.54 Å². The fourth-order valence-corrected chi connectivity index (χ4v) is 3.67. The van der Waals surface area contributed by atoms with Crippen molar-refractivity contribution in [3.05, 3.63) is 47.3 Å². The van der Waals surface area contributed by atoms with Gasteiger partial charge in [0.05, 0.1) is 5.69 Å². The SMILES string of the molecule is CCn1nc(C)cc1C(=O)N1CCCC[C@H]1CCc1ccc(O)cc1. The maximum Gasteiger partial charge on any atom is 0.272 e. The molecule has 1 N–H and O–H groups in total. The molecule has 0 saturated carbocycles. The summed E-state index contributed by atoms with van der Waals surface area (Å²) < 4.78 is 1.81. The van der Waals surface area contributed by atoms with E-state index in [0.717, 1.165) is 37.9 Å². The molecule has 0 bridgehead atoms. The zero-order chi connectivity index (χ0) is 17.8. The van der Waals surface area contributed by atoms with Crippen LogP contribution < -0.4 is 0 Å². The molecule has 25 heavy (non-hydrogen) atoms. The fourth-order valence-electron chi connectivity index (χ4n) is 3.67. The molecule has 1 aromatic carbocycles. The molecular weight excluding hydrogens is 314 g/mol. The van der Waals surface area contributed by atoms with Gasteiger partial charge in [-0.1, -0.05) is 12.1 Å². The molecule has 1 saturated heterocycles. The number of rotatable bonds is 5. The molecule has 1 aromatic heterocycles. The zero-order valence-electron chi connectivity index (χ0n) is 15.1. The molecule has 0 radical (unpaired) electrons. The Labute approximate surface area is 149 Å². The van der Waals surface area contributed by atoms with Gasteiger partial charge in [-0.2, -0.15) is 5.10 Å². The summed E-state index contributed by atoms with van der Waals surface area (Å²) in [6.45, 7) is 5.48. The van der Waals surface area contributed by atoms with Crippen LogP contribution in [-0.4, -0.2) is 38.3 Å². The van der Waals surface area contributed by atoms with E-state index in [9.17, 15) is 9.90 Å². The zero-order valence-corrected chi connectivity index (χ0v) is 15.1. The number of hydrogen-bond acceptors (Lipinski definition) is 3. The molecule has 0 aliphatic carbocycles. The highest BCUT2D eigenvalue weighted by Crippen LogP contribution is 2.24. The molecule has 1 fully saturated rings. The second kappa shape index (κ2) is 7.72. The number of likely N-dealkylation sites (tertiary alicyclic amines) is 1. The van der Waals surface area contributed by atoms with Gasteiger partial charge in [-0.25, -0.2) is 0 Å². The first-order valence-corrected chi connectivity index (χ1v) is 9.22. The normalized spacial score (nSPS) is 17.7. The Morgan fingerprint density at radius 3 is 2.76 bits per heavy atom. The number of aromatic nitrogens is 2. The van der Waals surface area contributed by atoms with E-state index in [-0.39, 0.29) is 11.9 Å². The average molecular weight is 341 g/mol. The number of carbonyl (C=O) groups is 1. The van der Waals surface area contributed by atoms with Gasteiger partial charge < -0.3 is 10.0 Å². The van der Waals surface area contributed by atoms with E-state index in [2.05, 4.69) is 5.10 Å². The van der Waals surface area contributed by atoms with Gasteiger partial charge in [0.1, 0.15) is 11.4 Å². The largest absolute Gasteiger partial charge is 0.508 e. The first-order valence-electron chi connectivity index (χ1n) is 9.22. The average Bonchev–Trinajstić information content (AvgIpc) is 3.02. The van der Waals surface area contributed by atoms with Gasteiger partial charge >= 0.3 is 0 Å². The molecule has 2 aromatic rings. The summed E-state index contributed by atoms with van der Waals surface area (Å²) in [5, 5.41) is 13.8. The molecule has 0 spiro atoms. The number of hydrogen-bond donors (Lipinski definition) is 1. The molecule has 3 rings (SSSR count). The molecule has 1 amide bonds. The Balaban J connectivity index is 1.71. The molecule has 5 heteroatoms. The summed E-state index contributed by atoms with van der Waals surface area (Å²) >= 11 is 0. The van der Waals surface area contributed by atoms with Gasteiger partial charge in [0.15, 0.2) is 0 Å². The van der Waals surface area contributed by atoms with Crippen molar-refractivity contribution in [2.24, 2.45) is 0 Å². The summed E-state index contributed by atoms with van der Waals surface area (Å²) in [4.78, 5) is 15.1. The van der Waals surface area contributed by atoms with Gasteiger partial charge in [-0.05, 0) is 69.7 Å². The van der Waals surface area contributed by atoms with Crippen molar-refractivity contribution in [1.29, 1.82) is 0 Å².